The molecule has 1 rings (SSSR count). The highest BCUT2D eigenvalue weighted by Crippen LogP contribution is 2.38. The van der Waals surface area contributed by atoms with Crippen molar-refractivity contribution >= 4 is 5.78 Å². The molecule has 0 aliphatic heterocycles. The molecule has 0 heterocycles. The molecular formula is C11H20O. The van der Waals surface area contributed by atoms with Crippen molar-refractivity contribution in [3.63, 3.8) is 0 Å². The van der Waals surface area contributed by atoms with E-state index in [1.807, 2.05) is 0 Å². The van der Waals surface area contributed by atoms with Gasteiger partial charge < -0.3 is 4.79 Å². The monoisotopic (exact) mass is 168 g/mol. The number of carbonyl (C=O) groups is 1. The van der Waals surface area contributed by atoms with Crippen LogP contribution in [-0.2, 0) is 4.79 Å². The minimum absolute atomic E-state index is 0.368. The summed E-state index contributed by atoms with van der Waals surface area (Å²) in [6, 6.07) is 0. The van der Waals surface area contributed by atoms with Crippen LogP contribution in [0.5, 0.6) is 0 Å². The van der Waals surface area contributed by atoms with Gasteiger partial charge in [-0.2, -0.15) is 0 Å². The molecule has 0 bridgehead atoms. The van der Waals surface area contributed by atoms with E-state index in [-0.39, 0.29) is 0 Å². The Morgan fingerprint density at radius 1 is 1.42 bits per heavy atom. The van der Waals surface area contributed by atoms with E-state index in [2.05, 4.69) is 13.8 Å². The number of rotatable bonds is 3. The Kier molecular flexibility index (Phi) is 3.30. The lowest BCUT2D eigenvalue weighted by Crippen LogP contribution is -2.16. The molecule has 0 aromatic carbocycles. The number of hydrogen-bond acceptors (Lipinski definition) is 1. The molecule has 1 saturated carbocycles. The zero-order valence-electron chi connectivity index (χ0n) is 8.47. The van der Waals surface area contributed by atoms with Gasteiger partial charge in [0.2, 0.25) is 0 Å². The first-order valence-corrected chi connectivity index (χ1v) is 5.10. The summed E-state index contributed by atoms with van der Waals surface area (Å²) in [6.45, 7) is 6.28. The second kappa shape index (κ2) is 4.06. The maximum Gasteiger partial charge on any atom is 0.130 e. The molecule has 0 saturated heterocycles. The Hall–Kier alpha value is -0.330. The van der Waals surface area contributed by atoms with E-state index >= 15 is 0 Å². The van der Waals surface area contributed by atoms with Crippen LogP contribution in [0.3, 0.4) is 0 Å². The van der Waals surface area contributed by atoms with Crippen molar-refractivity contribution in [3.05, 3.63) is 0 Å². The average Bonchev–Trinajstić information content (AvgIpc) is 2.33. The van der Waals surface area contributed by atoms with Crippen LogP contribution >= 0.6 is 0 Å². The van der Waals surface area contributed by atoms with E-state index in [0.29, 0.717) is 11.7 Å². The van der Waals surface area contributed by atoms with Crippen molar-refractivity contribution in [3.8, 4) is 0 Å². The predicted octanol–water partition coefficient (Wildman–Crippen LogP) is 3.04. The van der Waals surface area contributed by atoms with Gasteiger partial charge in [0.15, 0.2) is 0 Å². The molecule has 0 spiro atoms. The maximum atomic E-state index is 11.0. The number of hydrogen-bond donors (Lipinski definition) is 0. The molecule has 0 unspecified atom stereocenters. The van der Waals surface area contributed by atoms with Gasteiger partial charge in [-0.25, -0.2) is 0 Å². The molecule has 1 aliphatic carbocycles. The van der Waals surface area contributed by atoms with Gasteiger partial charge in [-0.3, -0.25) is 0 Å². The number of carbonyl (C=O) groups excluding carboxylic acids is 1. The van der Waals surface area contributed by atoms with Crippen LogP contribution in [0.1, 0.15) is 46.5 Å². The third-order valence-electron chi connectivity index (χ3n) is 3.12. The van der Waals surface area contributed by atoms with Gasteiger partial charge in [0, 0.05) is 6.42 Å². The summed E-state index contributed by atoms with van der Waals surface area (Å²) in [5, 5.41) is 0. The molecule has 1 heteroatoms. The summed E-state index contributed by atoms with van der Waals surface area (Å²) >= 11 is 0. The van der Waals surface area contributed by atoms with Gasteiger partial charge in [0.25, 0.3) is 0 Å². The van der Waals surface area contributed by atoms with Crippen molar-refractivity contribution in [2.24, 2.45) is 17.8 Å². The SMILES string of the molecule is CC(=O)C[C@@H]1CCC[C@@H]1C(C)C. The summed E-state index contributed by atoms with van der Waals surface area (Å²) in [6.07, 6.45) is 4.78. The van der Waals surface area contributed by atoms with E-state index < -0.39 is 0 Å². The summed E-state index contributed by atoms with van der Waals surface area (Å²) in [7, 11) is 0. The van der Waals surface area contributed by atoms with Gasteiger partial charge >= 0.3 is 0 Å². The molecule has 1 nitrogen and oxygen atoms in total. The predicted molar refractivity (Wildman–Crippen MR) is 51.0 cm³/mol. The Morgan fingerprint density at radius 2 is 2.08 bits per heavy atom. The number of Topliss-reactive ketones (excluding diaryl/α,β-unsaturated/α-hetero) is 1. The maximum absolute atomic E-state index is 11.0. The largest absolute Gasteiger partial charge is 0.300 e. The summed E-state index contributed by atoms with van der Waals surface area (Å²) in [5.41, 5.74) is 0. The van der Waals surface area contributed by atoms with E-state index in [1.165, 1.54) is 19.3 Å². The molecule has 70 valence electrons. The molecule has 0 N–H and O–H groups in total. The van der Waals surface area contributed by atoms with Crippen LogP contribution in [0.25, 0.3) is 0 Å². The minimum atomic E-state index is 0.368. The molecule has 0 radical (unpaired) electrons. The van der Waals surface area contributed by atoms with Crippen molar-refractivity contribution < 1.29 is 4.79 Å². The van der Waals surface area contributed by atoms with Crippen LogP contribution in [-0.4, -0.2) is 5.78 Å². The fraction of sp³-hybridized carbons (Fsp3) is 0.909. The first-order valence-electron chi connectivity index (χ1n) is 5.10. The standard InChI is InChI=1S/C11H20O/c1-8(2)11-6-4-5-10(11)7-9(3)12/h8,10-11H,4-7H2,1-3H3/t10-,11+/m0/s1. The fourth-order valence-corrected chi connectivity index (χ4v) is 2.57. The number of ketones is 1. The Morgan fingerprint density at radius 3 is 2.58 bits per heavy atom. The van der Waals surface area contributed by atoms with Crippen molar-refractivity contribution in [2.45, 2.75) is 46.5 Å². The first-order chi connectivity index (χ1) is 5.61. The Bertz CT molecular complexity index is 160. The quantitative estimate of drug-likeness (QED) is 0.633. The topological polar surface area (TPSA) is 17.1 Å². The zero-order valence-corrected chi connectivity index (χ0v) is 8.47. The highest BCUT2D eigenvalue weighted by atomic mass is 16.1. The third kappa shape index (κ3) is 2.33. The third-order valence-corrected chi connectivity index (χ3v) is 3.12. The highest BCUT2D eigenvalue weighted by molar-refractivity contribution is 5.75. The molecule has 1 aliphatic rings. The second-order valence-corrected chi connectivity index (χ2v) is 4.50. The van der Waals surface area contributed by atoms with Gasteiger partial charge in [-0.05, 0) is 37.5 Å². The van der Waals surface area contributed by atoms with Crippen molar-refractivity contribution in [1.82, 2.24) is 0 Å². The highest BCUT2D eigenvalue weighted by Gasteiger charge is 2.29. The Balaban J connectivity index is 2.46. The van der Waals surface area contributed by atoms with E-state index in [9.17, 15) is 4.79 Å². The normalized spacial score (nSPS) is 29.7. The lowest BCUT2D eigenvalue weighted by atomic mass is 9.83. The molecule has 12 heavy (non-hydrogen) atoms. The lowest BCUT2D eigenvalue weighted by molar-refractivity contribution is -0.118. The molecule has 0 amide bonds. The van der Waals surface area contributed by atoms with Crippen molar-refractivity contribution in [2.75, 3.05) is 0 Å². The molecule has 0 aromatic rings. The van der Waals surface area contributed by atoms with E-state index in [4.69, 9.17) is 0 Å². The van der Waals surface area contributed by atoms with Crippen LogP contribution in [0, 0.1) is 17.8 Å². The van der Waals surface area contributed by atoms with Gasteiger partial charge in [-0.1, -0.05) is 20.3 Å². The van der Waals surface area contributed by atoms with E-state index in [1.54, 1.807) is 6.92 Å². The van der Waals surface area contributed by atoms with Gasteiger partial charge in [-0.15, -0.1) is 0 Å². The summed E-state index contributed by atoms with van der Waals surface area (Å²) in [4.78, 5) is 11.0. The lowest BCUT2D eigenvalue weighted by Gasteiger charge is -2.21. The molecule has 2 atom stereocenters. The summed E-state index contributed by atoms with van der Waals surface area (Å²) in [5.74, 6) is 2.64. The van der Waals surface area contributed by atoms with Crippen LogP contribution < -0.4 is 0 Å². The Labute approximate surface area is 75.5 Å². The second-order valence-electron chi connectivity index (χ2n) is 4.50. The average molecular weight is 168 g/mol. The van der Waals surface area contributed by atoms with Gasteiger partial charge in [0.05, 0.1) is 0 Å². The first kappa shape index (κ1) is 9.76. The smallest absolute Gasteiger partial charge is 0.130 e. The molecule has 1 fully saturated rings. The fourth-order valence-electron chi connectivity index (χ4n) is 2.57. The van der Waals surface area contributed by atoms with Crippen LogP contribution in [0.4, 0.5) is 0 Å². The van der Waals surface area contributed by atoms with Crippen LogP contribution in [0.2, 0.25) is 0 Å². The zero-order chi connectivity index (χ0) is 9.14. The molecular weight excluding hydrogens is 148 g/mol. The summed E-state index contributed by atoms with van der Waals surface area (Å²) < 4.78 is 0. The van der Waals surface area contributed by atoms with Crippen molar-refractivity contribution in [1.29, 1.82) is 0 Å². The molecule has 0 aromatic heterocycles. The van der Waals surface area contributed by atoms with E-state index in [0.717, 1.165) is 18.3 Å². The van der Waals surface area contributed by atoms with Crippen LogP contribution in [0.15, 0.2) is 0 Å². The van der Waals surface area contributed by atoms with Gasteiger partial charge in [0.1, 0.15) is 5.78 Å². The minimum Gasteiger partial charge on any atom is -0.300 e.